The van der Waals surface area contributed by atoms with Gasteiger partial charge in [-0.15, -0.1) is 5.10 Å². The minimum atomic E-state index is -3.59. The van der Waals surface area contributed by atoms with Gasteiger partial charge in [0.05, 0.1) is 29.7 Å². The van der Waals surface area contributed by atoms with Crippen LogP contribution in [-0.2, 0) is 16.6 Å². The summed E-state index contributed by atoms with van der Waals surface area (Å²) in [6.45, 7) is 1.08. The van der Waals surface area contributed by atoms with Crippen molar-refractivity contribution in [3.63, 3.8) is 0 Å². The van der Waals surface area contributed by atoms with Gasteiger partial charge in [-0.3, -0.25) is 0 Å². The highest BCUT2D eigenvalue weighted by Crippen LogP contribution is 2.31. The molecule has 3 aromatic rings. The normalized spacial score (nSPS) is 16.0. The van der Waals surface area contributed by atoms with Gasteiger partial charge in [-0.2, -0.15) is 19.3 Å². The lowest BCUT2D eigenvalue weighted by molar-refractivity contribution is 0.189. The number of benzene rings is 1. The molecule has 0 aliphatic carbocycles. The molecule has 25 heavy (non-hydrogen) atoms. The van der Waals surface area contributed by atoms with E-state index in [1.54, 1.807) is 41.5 Å². The predicted octanol–water partition coefficient (Wildman–Crippen LogP) is 0.817. The number of halogens is 1. The van der Waals surface area contributed by atoms with Crippen LogP contribution in [0.4, 0.5) is 0 Å². The van der Waals surface area contributed by atoms with Gasteiger partial charge in [0.15, 0.2) is 0 Å². The van der Waals surface area contributed by atoms with Gasteiger partial charge in [0, 0.05) is 13.1 Å². The van der Waals surface area contributed by atoms with Crippen LogP contribution in [0.1, 0.15) is 11.7 Å². The lowest BCUT2D eigenvalue weighted by atomic mass is 10.2. The van der Waals surface area contributed by atoms with E-state index in [-0.39, 0.29) is 16.0 Å². The van der Waals surface area contributed by atoms with Gasteiger partial charge in [-0.05, 0) is 12.1 Å². The Morgan fingerprint density at radius 1 is 1.16 bits per heavy atom. The van der Waals surface area contributed by atoms with Crippen molar-refractivity contribution >= 4 is 21.6 Å². The predicted molar refractivity (Wildman–Crippen MR) is 88.4 cm³/mol. The van der Waals surface area contributed by atoms with Crippen LogP contribution in [0, 0.1) is 0 Å². The van der Waals surface area contributed by atoms with Crippen molar-refractivity contribution in [1.82, 2.24) is 34.3 Å². The minimum absolute atomic E-state index is 0.0518. The molecule has 4 rings (SSSR count). The summed E-state index contributed by atoms with van der Waals surface area (Å²) in [5.41, 5.74) is 0.712. The van der Waals surface area contributed by atoms with Crippen LogP contribution in [0.25, 0.3) is 0 Å². The molecule has 2 aromatic heterocycles. The standard InChI is InChI=1S/C14H14ClN7O2S/c15-13-3-1-2-4-14(13)25(23,24)20-9-12(10-20)21-7-11(18-19-21)8-22-16-5-6-17-22/h1-7,12H,8-10H2. The van der Waals surface area contributed by atoms with Gasteiger partial charge >= 0.3 is 0 Å². The SMILES string of the molecule is O=S(=O)(c1ccccc1Cl)N1CC(n2cc(Cn3nccn3)nn2)C1. The molecule has 0 amide bonds. The van der Waals surface area contributed by atoms with Gasteiger partial charge < -0.3 is 0 Å². The average Bonchev–Trinajstić information content (AvgIpc) is 3.18. The van der Waals surface area contributed by atoms with Crippen molar-refractivity contribution in [2.75, 3.05) is 13.1 Å². The Labute approximate surface area is 148 Å². The molecule has 0 spiro atoms. The van der Waals surface area contributed by atoms with E-state index in [0.717, 1.165) is 0 Å². The average molecular weight is 380 g/mol. The van der Waals surface area contributed by atoms with E-state index in [9.17, 15) is 8.42 Å². The van der Waals surface area contributed by atoms with Crippen molar-refractivity contribution < 1.29 is 8.42 Å². The molecule has 11 heteroatoms. The highest BCUT2D eigenvalue weighted by Gasteiger charge is 2.39. The quantitative estimate of drug-likeness (QED) is 0.650. The topological polar surface area (TPSA) is 98.8 Å². The Hall–Kier alpha value is -2.30. The molecule has 1 aromatic carbocycles. The van der Waals surface area contributed by atoms with Gasteiger partial charge in [0.1, 0.15) is 17.1 Å². The van der Waals surface area contributed by atoms with Crippen LogP contribution in [0.15, 0.2) is 47.8 Å². The summed E-state index contributed by atoms with van der Waals surface area (Å²) in [5.74, 6) is 0. The second kappa shape index (κ2) is 6.21. The Bertz CT molecular complexity index is 980. The third-order valence-corrected chi connectivity index (χ3v) is 6.32. The van der Waals surface area contributed by atoms with E-state index in [1.165, 1.54) is 15.2 Å². The molecule has 0 atom stereocenters. The molecule has 1 saturated heterocycles. The summed E-state index contributed by atoms with van der Waals surface area (Å²) in [4.78, 5) is 1.63. The third kappa shape index (κ3) is 3.03. The minimum Gasteiger partial charge on any atom is -0.246 e. The van der Waals surface area contributed by atoms with Crippen LogP contribution in [0.3, 0.4) is 0 Å². The Morgan fingerprint density at radius 2 is 1.88 bits per heavy atom. The summed E-state index contributed by atoms with van der Waals surface area (Å²) in [7, 11) is -3.59. The smallest absolute Gasteiger partial charge is 0.244 e. The summed E-state index contributed by atoms with van der Waals surface area (Å²) in [6, 6.07) is 6.38. The van der Waals surface area contributed by atoms with E-state index >= 15 is 0 Å². The van der Waals surface area contributed by atoms with Crippen molar-refractivity contribution in [1.29, 1.82) is 0 Å². The number of rotatable bonds is 5. The van der Waals surface area contributed by atoms with E-state index in [0.29, 0.717) is 25.3 Å². The number of nitrogens with zero attached hydrogens (tertiary/aromatic N) is 7. The van der Waals surface area contributed by atoms with Crippen molar-refractivity contribution in [2.24, 2.45) is 0 Å². The van der Waals surface area contributed by atoms with E-state index < -0.39 is 10.0 Å². The molecular formula is C14H14ClN7O2S. The first-order valence-corrected chi connectivity index (χ1v) is 9.35. The number of sulfonamides is 1. The van der Waals surface area contributed by atoms with Gasteiger partial charge in [0.2, 0.25) is 10.0 Å². The molecule has 9 nitrogen and oxygen atoms in total. The fraction of sp³-hybridized carbons (Fsp3) is 0.286. The molecule has 0 radical (unpaired) electrons. The van der Waals surface area contributed by atoms with Gasteiger partial charge in [-0.1, -0.05) is 28.9 Å². The van der Waals surface area contributed by atoms with Crippen LogP contribution < -0.4 is 0 Å². The maximum atomic E-state index is 12.6. The molecular weight excluding hydrogens is 366 g/mol. The lowest BCUT2D eigenvalue weighted by Gasteiger charge is -2.37. The molecule has 0 bridgehead atoms. The highest BCUT2D eigenvalue weighted by molar-refractivity contribution is 7.89. The summed E-state index contributed by atoms with van der Waals surface area (Å²) in [6.07, 6.45) is 4.97. The van der Waals surface area contributed by atoms with Crippen LogP contribution >= 0.6 is 11.6 Å². The number of hydrogen-bond acceptors (Lipinski definition) is 6. The van der Waals surface area contributed by atoms with Crippen LogP contribution in [0.5, 0.6) is 0 Å². The molecule has 1 aliphatic rings. The second-order valence-electron chi connectivity index (χ2n) is 5.66. The molecule has 1 aliphatic heterocycles. The van der Waals surface area contributed by atoms with Crippen LogP contribution in [-0.4, -0.2) is 55.8 Å². The van der Waals surface area contributed by atoms with Crippen molar-refractivity contribution in [3.05, 3.63) is 53.6 Å². The maximum absolute atomic E-state index is 12.6. The lowest BCUT2D eigenvalue weighted by Crippen LogP contribution is -2.50. The molecule has 0 unspecified atom stereocenters. The second-order valence-corrected chi connectivity index (χ2v) is 7.97. The number of hydrogen-bond donors (Lipinski definition) is 0. The van der Waals surface area contributed by atoms with Gasteiger partial charge in [-0.25, -0.2) is 13.1 Å². The molecule has 0 N–H and O–H groups in total. The van der Waals surface area contributed by atoms with E-state index in [4.69, 9.17) is 11.6 Å². The largest absolute Gasteiger partial charge is 0.246 e. The third-order valence-electron chi connectivity index (χ3n) is 3.99. The summed E-state index contributed by atoms with van der Waals surface area (Å²) < 4.78 is 28.3. The van der Waals surface area contributed by atoms with Crippen molar-refractivity contribution in [3.8, 4) is 0 Å². The maximum Gasteiger partial charge on any atom is 0.244 e. The van der Waals surface area contributed by atoms with E-state index in [2.05, 4.69) is 20.5 Å². The first kappa shape index (κ1) is 16.2. The van der Waals surface area contributed by atoms with E-state index in [1.807, 2.05) is 0 Å². The zero-order valence-corrected chi connectivity index (χ0v) is 14.5. The zero-order chi connectivity index (χ0) is 17.4. The van der Waals surface area contributed by atoms with Crippen LogP contribution in [0.2, 0.25) is 5.02 Å². The zero-order valence-electron chi connectivity index (χ0n) is 13.0. The fourth-order valence-corrected chi connectivity index (χ4v) is 4.62. The summed E-state index contributed by atoms with van der Waals surface area (Å²) >= 11 is 6.01. The first-order chi connectivity index (χ1) is 12.0. The Kier molecular flexibility index (Phi) is 4.02. The monoisotopic (exact) mass is 379 g/mol. The van der Waals surface area contributed by atoms with Gasteiger partial charge in [0.25, 0.3) is 0 Å². The molecule has 3 heterocycles. The molecule has 130 valence electrons. The molecule has 1 fully saturated rings. The highest BCUT2D eigenvalue weighted by atomic mass is 35.5. The summed E-state index contributed by atoms with van der Waals surface area (Å²) in [5, 5.41) is 16.4. The number of aromatic nitrogens is 6. The first-order valence-electron chi connectivity index (χ1n) is 7.53. The molecule has 0 saturated carbocycles. The van der Waals surface area contributed by atoms with Crippen molar-refractivity contribution in [2.45, 2.75) is 17.5 Å². The fourth-order valence-electron chi connectivity index (χ4n) is 2.61. The Balaban J connectivity index is 1.44. The Morgan fingerprint density at radius 3 is 2.60 bits per heavy atom.